The number of hydrogen-bond acceptors (Lipinski definition) is 2. The molecule has 0 aromatic carbocycles. The van der Waals surface area contributed by atoms with Crippen LogP contribution in [0.15, 0.2) is 12.4 Å². The summed E-state index contributed by atoms with van der Waals surface area (Å²) in [5, 5.41) is 8.46. The minimum Gasteiger partial charge on any atom is -0.481 e. The molecule has 0 aliphatic heterocycles. The van der Waals surface area contributed by atoms with E-state index in [1.54, 1.807) is 0 Å². The number of carbonyl (C=O) groups is 1. The SMILES string of the molecule is Cc1nccn1CCCCCCCC(=O)O. The van der Waals surface area contributed by atoms with Gasteiger partial charge in [-0.05, 0) is 19.8 Å². The molecule has 0 spiro atoms. The molecule has 0 aliphatic carbocycles. The first-order chi connectivity index (χ1) is 7.70. The third-order valence-electron chi connectivity index (χ3n) is 2.71. The maximum atomic E-state index is 10.3. The van der Waals surface area contributed by atoms with Crippen molar-refractivity contribution in [1.82, 2.24) is 9.55 Å². The summed E-state index contributed by atoms with van der Waals surface area (Å²) in [5.74, 6) is 0.375. The first-order valence-corrected chi connectivity index (χ1v) is 5.89. The summed E-state index contributed by atoms with van der Waals surface area (Å²) in [6.45, 7) is 3.03. The molecule has 0 fully saturated rings. The van der Waals surface area contributed by atoms with E-state index in [-0.39, 0.29) is 0 Å². The average Bonchev–Trinajstić information content (AvgIpc) is 2.62. The summed E-state index contributed by atoms with van der Waals surface area (Å²) in [6, 6.07) is 0. The van der Waals surface area contributed by atoms with Crippen molar-refractivity contribution in [1.29, 1.82) is 0 Å². The molecular formula is C12H20N2O2. The Hall–Kier alpha value is -1.32. The van der Waals surface area contributed by atoms with Gasteiger partial charge in [0.1, 0.15) is 5.82 Å². The summed E-state index contributed by atoms with van der Waals surface area (Å²) < 4.78 is 2.15. The van der Waals surface area contributed by atoms with Crippen LogP contribution in [0.3, 0.4) is 0 Å². The number of unbranched alkanes of at least 4 members (excludes halogenated alkanes) is 4. The van der Waals surface area contributed by atoms with E-state index in [2.05, 4.69) is 9.55 Å². The fourth-order valence-corrected chi connectivity index (χ4v) is 1.73. The highest BCUT2D eigenvalue weighted by atomic mass is 16.4. The Bertz CT molecular complexity index is 321. The Morgan fingerprint density at radius 3 is 2.62 bits per heavy atom. The summed E-state index contributed by atoms with van der Waals surface area (Å²) >= 11 is 0. The highest BCUT2D eigenvalue weighted by molar-refractivity contribution is 5.66. The number of carboxylic acids is 1. The van der Waals surface area contributed by atoms with E-state index in [0.29, 0.717) is 6.42 Å². The van der Waals surface area contributed by atoms with Crippen molar-refractivity contribution < 1.29 is 9.90 Å². The molecule has 90 valence electrons. The summed E-state index contributed by atoms with van der Waals surface area (Å²) in [5.41, 5.74) is 0. The minimum atomic E-state index is -0.686. The van der Waals surface area contributed by atoms with Crippen LogP contribution in [0.25, 0.3) is 0 Å². The lowest BCUT2D eigenvalue weighted by Gasteiger charge is -2.04. The maximum Gasteiger partial charge on any atom is 0.303 e. The van der Waals surface area contributed by atoms with Crippen LogP contribution in [-0.4, -0.2) is 20.6 Å². The molecule has 4 nitrogen and oxygen atoms in total. The van der Waals surface area contributed by atoms with Crippen LogP contribution in [-0.2, 0) is 11.3 Å². The van der Waals surface area contributed by atoms with E-state index >= 15 is 0 Å². The molecule has 1 heterocycles. The minimum absolute atomic E-state index is 0.306. The number of carboxylic acid groups (broad SMARTS) is 1. The number of aromatic nitrogens is 2. The molecular weight excluding hydrogens is 204 g/mol. The van der Waals surface area contributed by atoms with E-state index in [1.807, 2.05) is 19.3 Å². The summed E-state index contributed by atoms with van der Waals surface area (Å²) in [4.78, 5) is 14.4. The van der Waals surface area contributed by atoms with Crippen LogP contribution in [0.5, 0.6) is 0 Å². The zero-order valence-electron chi connectivity index (χ0n) is 9.85. The van der Waals surface area contributed by atoms with Gasteiger partial charge in [-0.2, -0.15) is 0 Å². The normalized spacial score (nSPS) is 10.6. The van der Waals surface area contributed by atoms with E-state index in [1.165, 1.54) is 0 Å². The molecule has 4 heteroatoms. The van der Waals surface area contributed by atoms with Crippen LogP contribution in [0.1, 0.15) is 44.3 Å². The van der Waals surface area contributed by atoms with Crippen LogP contribution in [0.2, 0.25) is 0 Å². The molecule has 0 atom stereocenters. The van der Waals surface area contributed by atoms with Gasteiger partial charge in [-0.1, -0.05) is 19.3 Å². The third-order valence-corrected chi connectivity index (χ3v) is 2.71. The molecule has 16 heavy (non-hydrogen) atoms. The predicted molar refractivity (Wildman–Crippen MR) is 62.3 cm³/mol. The van der Waals surface area contributed by atoms with Gasteiger partial charge >= 0.3 is 5.97 Å². The Morgan fingerprint density at radius 2 is 2.00 bits per heavy atom. The van der Waals surface area contributed by atoms with Crippen molar-refractivity contribution in [2.45, 2.75) is 52.0 Å². The van der Waals surface area contributed by atoms with Crippen molar-refractivity contribution in [3.8, 4) is 0 Å². The number of aryl methyl sites for hydroxylation is 2. The van der Waals surface area contributed by atoms with Crippen LogP contribution < -0.4 is 0 Å². The van der Waals surface area contributed by atoms with Gasteiger partial charge in [0.2, 0.25) is 0 Å². The third kappa shape index (κ3) is 4.96. The molecule has 0 saturated heterocycles. The molecule has 0 radical (unpaired) electrons. The van der Waals surface area contributed by atoms with E-state index in [9.17, 15) is 4.79 Å². The number of nitrogens with zero attached hydrogens (tertiary/aromatic N) is 2. The lowest BCUT2D eigenvalue weighted by molar-refractivity contribution is -0.137. The van der Waals surface area contributed by atoms with Crippen molar-refractivity contribution in [2.75, 3.05) is 0 Å². The zero-order valence-corrected chi connectivity index (χ0v) is 9.85. The molecule has 1 N–H and O–H groups in total. The molecule has 0 amide bonds. The van der Waals surface area contributed by atoms with Gasteiger partial charge < -0.3 is 9.67 Å². The second kappa shape index (κ2) is 7.04. The van der Waals surface area contributed by atoms with E-state index in [4.69, 9.17) is 5.11 Å². The quantitative estimate of drug-likeness (QED) is 0.690. The van der Waals surface area contributed by atoms with Crippen molar-refractivity contribution in [2.24, 2.45) is 0 Å². The first-order valence-electron chi connectivity index (χ1n) is 5.89. The monoisotopic (exact) mass is 224 g/mol. The fourth-order valence-electron chi connectivity index (χ4n) is 1.73. The first kappa shape index (κ1) is 12.7. The van der Waals surface area contributed by atoms with Gasteiger partial charge in [-0.3, -0.25) is 4.79 Å². The van der Waals surface area contributed by atoms with Gasteiger partial charge in [-0.15, -0.1) is 0 Å². The number of rotatable bonds is 8. The molecule has 0 saturated carbocycles. The number of hydrogen-bond donors (Lipinski definition) is 1. The largest absolute Gasteiger partial charge is 0.481 e. The molecule has 0 unspecified atom stereocenters. The van der Waals surface area contributed by atoms with Crippen molar-refractivity contribution >= 4 is 5.97 Å². The average molecular weight is 224 g/mol. The predicted octanol–water partition coefficient (Wildman–Crippen LogP) is 2.62. The molecule has 1 aromatic heterocycles. The molecule has 1 rings (SSSR count). The summed E-state index contributed by atoms with van der Waals surface area (Å²) in [6.07, 6.45) is 9.39. The van der Waals surface area contributed by atoms with E-state index in [0.717, 1.165) is 44.5 Å². The number of aliphatic carboxylic acids is 1. The second-order valence-electron chi connectivity index (χ2n) is 4.08. The summed E-state index contributed by atoms with van der Waals surface area (Å²) in [7, 11) is 0. The Morgan fingerprint density at radius 1 is 1.31 bits per heavy atom. The van der Waals surface area contributed by atoms with Gasteiger partial charge in [0.15, 0.2) is 0 Å². The Kier molecular flexibility index (Phi) is 5.61. The smallest absolute Gasteiger partial charge is 0.303 e. The van der Waals surface area contributed by atoms with Gasteiger partial charge in [0.25, 0.3) is 0 Å². The molecule has 1 aromatic rings. The van der Waals surface area contributed by atoms with Crippen molar-refractivity contribution in [3.05, 3.63) is 18.2 Å². The second-order valence-corrected chi connectivity index (χ2v) is 4.08. The van der Waals surface area contributed by atoms with Gasteiger partial charge in [0, 0.05) is 25.4 Å². The van der Waals surface area contributed by atoms with Crippen LogP contribution in [0.4, 0.5) is 0 Å². The van der Waals surface area contributed by atoms with Crippen molar-refractivity contribution in [3.63, 3.8) is 0 Å². The maximum absolute atomic E-state index is 10.3. The Labute approximate surface area is 96.3 Å². The van der Waals surface area contributed by atoms with Crippen LogP contribution in [0, 0.1) is 6.92 Å². The Balaban J connectivity index is 1.96. The fraction of sp³-hybridized carbons (Fsp3) is 0.667. The van der Waals surface area contributed by atoms with Crippen LogP contribution >= 0.6 is 0 Å². The topological polar surface area (TPSA) is 55.1 Å². The lowest BCUT2D eigenvalue weighted by Crippen LogP contribution is -1.99. The van der Waals surface area contributed by atoms with Gasteiger partial charge in [0.05, 0.1) is 0 Å². The molecule has 0 aliphatic rings. The highest BCUT2D eigenvalue weighted by Gasteiger charge is 1.98. The zero-order chi connectivity index (χ0) is 11.8. The number of imidazole rings is 1. The highest BCUT2D eigenvalue weighted by Crippen LogP contribution is 2.07. The van der Waals surface area contributed by atoms with Gasteiger partial charge in [-0.25, -0.2) is 4.98 Å². The standard InChI is InChI=1S/C12H20N2O2/c1-11-13-8-10-14(11)9-6-4-2-3-5-7-12(15)16/h8,10H,2-7,9H2,1H3,(H,15,16). The molecule has 0 bridgehead atoms. The van der Waals surface area contributed by atoms with E-state index < -0.39 is 5.97 Å². The lowest BCUT2D eigenvalue weighted by atomic mass is 10.1.